The van der Waals surface area contributed by atoms with Gasteiger partial charge in [-0.25, -0.2) is 0 Å². The van der Waals surface area contributed by atoms with Crippen LogP contribution in [0.25, 0.3) is 29.4 Å². The van der Waals surface area contributed by atoms with Crippen LogP contribution < -0.4 is 10.4 Å². The van der Waals surface area contributed by atoms with Gasteiger partial charge in [-0.3, -0.25) is 0 Å². The fraction of sp³-hybridized carbons (Fsp3) is 0.324. The summed E-state index contributed by atoms with van der Waals surface area (Å²) in [5.41, 5.74) is 14.0. The summed E-state index contributed by atoms with van der Waals surface area (Å²) in [5, 5.41) is 2.60. The van der Waals surface area contributed by atoms with E-state index in [2.05, 4.69) is 137 Å². The zero-order chi connectivity index (χ0) is 27.7. The van der Waals surface area contributed by atoms with Gasteiger partial charge in [-0.1, -0.05) is 116 Å². The fourth-order valence-corrected chi connectivity index (χ4v) is 4.89. The van der Waals surface area contributed by atoms with Crippen LogP contribution in [0.3, 0.4) is 0 Å². The molecule has 0 unspecified atom stereocenters. The predicted molar refractivity (Wildman–Crippen MR) is 173 cm³/mol. The van der Waals surface area contributed by atoms with Crippen LogP contribution in [0.2, 0.25) is 0 Å². The molecule has 0 N–H and O–H groups in total. The first kappa shape index (κ1) is 35.1. The Hall–Kier alpha value is -1.89. The van der Waals surface area contributed by atoms with Crippen LogP contribution in [-0.2, 0) is 34.2 Å². The summed E-state index contributed by atoms with van der Waals surface area (Å²) in [6.45, 7) is 25.5. The molecule has 0 aliphatic heterocycles. The van der Waals surface area contributed by atoms with Gasteiger partial charge in [0, 0.05) is 0 Å². The Morgan fingerprint density at radius 3 is 1.82 bits per heavy atom. The average molecular weight is 610 g/mol. The molecule has 0 atom stereocenters. The van der Waals surface area contributed by atoms with Gasteiger partial charge in [0.25, 0.3) is 0 Å². The quantitative estimate of drug-likeness (QED) is 0.192. The van der Waals surface area contributed by atoms with Gasteiger partial charge in [0.1, 0.15) is 0 Å². The molecule has 0 bridgehead atoms. The summed E-state index contributed by atoms with van der Waals surface area (Å²) in [7, 11) is 0. The zero-order valence-corrected chi connectivity index (χ0v) is 29.7. The summed E-state index contributed by atoms with van der Waals surface area (Å²) in [4.78, 5) is 0. The van der Waals surface area contributed by atoms with Crippen molar-refractivity contribution in [2.24, 2.45) is 0 Å². The Kier molecular flexibility index (Phi) is 12.3. The van der Waals surface area contributed by atoms with E-state index in [1.165, 1.54) is 89.4 Å². The SMILES string of the molecule is CC(C)(C)c1cc(-c2c3c(cc4c2=CC=[C-]4)=CC=C3)cc(C(C)(C)C)c1.Cc1c[c-](C)c(C)c1C.[CH3-].[CH3-].[Si]=[Zr]. The molecule has 0 heterocycles. The van der Waals surface area contributed by atoms with Crippen molar-refractivity contribution >= 4 is 25.1 Å². The molecule has 0 fully saturated rings. The van der Waals surface area contributed by atoms with Crippen molar-refractivity contribution in [2.75, 3.05) is 0 Å². The second kappa shape index (κ2) is 13.6. The van der Waals surface area contributed by atoms with Gasteiger partial charge in [-0.05, 0) is 33.1 Å². The molecule has 0 spiro atoms. The average Bonchev–Trinajstić information content (AvgIpc) is 3.55. The summed E-state index contributed by atoms with van der Waals surface area (Å²) < 4.78 is 0. The van der Waals surface area contributed by atoms with Crippen molar-refractivity contribution < 1.29 is 23.3 Å². The molecule has 0 nitrogen and oxygen atoms in total. The molecule has 0 aromatic heterocycles. The van der Waals surface area contributed by atoms with Crippen molar-refractivity contribution in [3.63, 3.8) is 0 Å². The third-order valence-corrected chi connectivity index (χ3v) is 7.60. The van der Waals surface area contributed by atoms with Crippen LogP contribution in [0.1, 0.15) is 86.1 Å². The number of hydrogen-bond acceptors (Lipinski definition) is 0. The summed E-state index contributed by atoms with van der Waals surface area (Å²) in [5.74, 6) is 0. The monoisotopic (exact) mass is 608 g/mol. The second-order valence-corrected chi connectivity index (χ2v) is 12.3. The third kappa shape index (κ3) is 7.65. The predicted octanol–water partition coefficient (Wildman–Crippen LogP) is 8.41. The molecule has 206 valence electrons. The Labute approximate surface area is 256 Å². The van der Waals surface area contributed by atoms with E-state index in [1.807, 2.05) is 6.08 Å². The minimum absolute atomic E-state index is 0. The summed E-state index contributed by atoms with van der Waals surface area (Å²) in [6, 6.07) is 11.7. The van der Waals surface area contributed by atoms with Gasteiger partial charge >= 0.3 is 30.2 Å². The molecular formula is C37H46SiZr-4. The van der Waals surface area contributed by atoms with Crippen molar-refractivity contribution in [3.05, 3.63) is 118 Å². The minimum atomic E-state index is 0. The molecule has 2 aliphatic carbocycles. The molecule has 39 heavy (non-hydrogen) atoms. The Balaban J connectivity index is 0.000000499. The van der Waals surface area contributed by atoms with E-state index in [0.29, 0.717) is 0 Å². The maximum absolute atomic E-state index is 3.40. The molecular weight excluding hydrogens is 564 g/mol. The first-order valence-corrected chi connectivity index (χ1v) is 17.2. The number of fused-ring (bicyclic) bond motifs is 2. The van der Waals surface area contributed by atoms with Gasteiger partial charge in [-0.2, -0.15) is 46.0 Å². The Bertz CT molecular complexity index is 1440. The first-order valence-electron chi connectivity index (χ1n) is 13.0. The number of aryl methyl sites for hydroxylation is 2. The van der Waals surface area contributed by atoms with E-state index in [1.54, 1.807) is 0 Å². The van der Waals surface area contributed by atoms with E-state index >= 15 is 0 Å². The molecule has 3 aromatic rings. The molecule has 2 aliphatic rings. The number of allylic oxidation sites excluding steroid dienone is 2. The van der Waals surface area contributed by atoms with Crippen molar-refractivity contribution in [1.82, 2.24) is 0 Å². The van der Waals surface area contributed by atoms with E-state index < -0.39 is 0 Å². The fourth-order valence-electron chi connectivity index (χ4n) is 4.89. The van der Waals surface area contributed by atoms with Gasteiger partial charge in [0.15, 0.2) is 0 Å². The van der Waals surface area contributed by atoms with Gasteiger partial charge in [0.2, 0.25) is 0 Å². The van der Waals surface area contributed by atoms with E-state index in [9.17, 15) is 0 Å². The topological polar surface area (TPSA) is 0 Å². The van der Waals surface area contributed by atoms with Crippen LogP contribution in [0.5, 0.6) is 0 Å². The van der Waals surface area contributed by atoms with Crippen LogP contribution in [0, 0.1) is 48.6 Å². The van der Waals surface area contributed by atoms with Crippen LogP contribution >= 0.6 is 0 Å². The van der Waals surface area contributed by atoms with Crippen LogP contribution in [0.4, 0.5) is 0 Å². The van der Waals surface area contributed by atoms with Crippen LogP contribution in [0.15, 0.2) is 42.5 Å². The molecule has 0 saturated carbocycles. The molecule has 0 amide bonds. The van der Waals surface area contributed by atoms with Crippen molar-refractivity contribution in [1.29, 1.82) is 0 Å². The summed E-state index contributed by atoms with van der Waals surface area (Å²) in [6.07, 6.45) is 14.3. The molecule has 5 rings (SSSR count). The zero-order valence-electron chi connectivity index (χ0n) is 26.3. The normalized spacial score (nSPS) is 12.3. The number of rotatable bonds is 1. The first-order chi connectivity index (χ1) is 17.3. The van der Waals surface area contributed by atoms with E-state index in [0.717, 1.165) is 0 Å². The second-order valence-electron chi connectivity index (χ2n) is 12.3. The molecule has 0 saturated heterocycles. The molecule has 2 radical (unpaired) electrons. The standard InChI is InChI=1S/C26H27.C9H13.2CH3.Si.Zr/c1-25(2,3)20-14-19(15-21(16-20)26(4,5)6)24-22-11-7-9-17(22)13-18-10-8-12-23(18)24;1-6-5-7(2)9(4)8(6)3;;;;/h7-9,11-16H,1-6H3;5H,1-4H3;2*1H3;;/q4*-1;;. The van der Waals surface area contributed by atoms with Crippen LogP contribution in [-0.4, -0.2) is 6.88 Å². The Morgan fingerprint density at radius 1 is 0.821 bits per heavy atom. The Morgan fingerprint density at radius 2 is 1.38 bits per heavy atom. The number of benzene rings is 2. The van der Waals surface area contributed by atoms with Gasteiger partial charge in [0.05, 0.1) is 0 Å². The van der Waals surface area contributed by atoms with E-state index in [-0.39, 0.29) is 25.7 Å². The maximum atomic E-state index is 3.40. The number of hydrogen-bond donors (Lipinski definition) is 0. The third-order valence-electron chi connectivity index (χ3n) is 7.60. The summed E-state index contributed by atoms with van der Waals surface area (Å²) >= 11 is 1.36. The van der Waals surface area contributed by atoms with Crippen molar-refractivity contribution in [2.45, 2.75) is 80.1 Å². The van der Waals surface area contributed by atoms with Gasteiger partial charge < -0.3 is 14.9 Å². The van der Waals surface area contributed by atoms with Crippen molar-refractivity contribution in [3.8, 4) is 11.1 Å². The molecule has 2 heteroatoms. The van der Waals surface area contributed by atoms with Gasteiger partial charge in [-0.15, -0.1) is 17.4 Å². The molecule has 3 aromatic carbocycles. The van der Waals surface area contributed by atoms with E-state index in [4.69, 9.17) is 0 Å².